The molecule has 0 saturated heterocycles. The van der Waals surface area contributed by atoms with Gasteiger partial charge < -0.3 is 4.74 Å². The maximum atomic E-state index is 14.9. The SMILES string of the molecule is CCCCCc1ccc(C#Cc2cc(F)c(-c3cc(F)c(C(F)(F)Oc4cc(F)c(C(F)(F)F)c(F)c4)c(F)c3)c(F)c2)c(F)c1. The molecule has 4 aromatic carbocycles. The van der Waals surface area contributed by atoms with E-state index in [-0.39, 0.29) is 35.4 Å². The molecular formula is C33H20F12O. The summed E-state index contributed by atoms with van der Waals surface area (Å²) in [6, 6.07) is 5.40. The van der Waals surface area contributed by atoms with Gasteiger partial charge >= 0.3 is 12.3 Å². The summed E-state index contributed by atoms with van der Waals surface area (Å²) in [5, 5.41) is 0. The molecule has 0 aliphatic carbocycles. The molecule has 0 aromatic heterocycles. The minimum absolute atomic E-state index is 0.0613. The molecule has 0 heterocycles. The average Bonchev–Trinajstić information content (AvgIpc) is 2.90. The van der Waals surface area contributed by atoms with Crippen molar-refractivity contribution in [2.24, 2.45) is 0 Å². The molecule has 0 fully saturated rings. The van der Waals surface area contributed by atoms with E-state index in [2.05, 4.69) is 16.6 Å². The van der Waals surface area contributed by atoms with Gasteiger partial charge in [-0.2, -0.15) is 22.0 Å². The molecule has 0 atom stereocenters. The summed E-state index contributed by atoms with van der Waals surface area (Å²) in [4.78, 5) is 0. The van der Waals surface area contributed by atoms with Crippen molar-refractivity contribution in [2.75, 3.05) is 0 Å². The van der Waals surface area contributed by atoms with E-state index >= 15 is 0 Å². The number of ether oxygens (including phenoxy) is 1. The highest BCUT2D eigenvalue weighted by molar-refractivity contribution is 5.67. The normalized spacial score (nSPS) is 11.8. The second-order valence-electron chi connectivity index (χ2n) is 10.0. The number of aryl methyl sites for hydroxylation is 1. The summed E-state index contributed by atoms with van der Waals surface area (Å²) in [6.07, 6.45) is -7.12. The predicted molar refractivity (Wildman–Crippen MR) is 143 cm³/mol. The summed E-state index contributed by atoms with van der Waals surface area (Å²) in [5.74, 6) is -9.13. The van der Waals surface area contributed by atoms with Gasteiger partial charge in [0, 0.05) is 17.7 Å². The molecule has 0 radical (unpaired) electrons. The fourth-order valence-corrected chi connectivity index (χ4v) is 4.53. The number of rotatable bonds is 8. The molecule has 0 unspecified atom stereocenters. The second kappa shape index (κ2) is 13.4. The van der Waals surface area contributed by atoms with Crippen molar-refractivity contribution < 1.29 is 57.4 Å². The van der Waals surface area contributed by atoms with Gasteiger partial charge in [0.1, 0.15) is 57.6 Å². The summed E-state index contributed by atoms with van der Waals surface area (Å²) < 4.78 is 173. The Balaban J connectivity index is 1.60. The number of hydrogen-bond donors (Lipinski definition) is 0. The van der Waals surface area contributed by atoms with Crippen molar-refractivity contribution in [1.29, 1.82) is 0 Å². The minimum Gasteiger partial charge on any atom is -0.429 e. The van der Waals surface area contributed by atoms with Crippen LogP contribution in [0.4, 0.5) is 52.7 Å². The minimum atomic E-state index is -5.53. The average molecular weight is 660 g/mol. The number of unbranched alkanes of at least 4 members (excludes halogenated alkanes) is 2. The van der Waals surface area contributed by atoms with E-state index in [9.17, 15) is 52.7 Å². The van der Waals surface area contributed by atoms with Gasteiger partial charge in [-0.1, -0.05) is 37.7 Å². The molecule has 0 spiro atoms. The van der Waals surface area contributed by atoms with E-state index in [0.29, 0.717) is 18.6 Å². The molecule has 0 N–H and O–H groups in total. The lowest BCUT2D eigenvalue weighted by Crippen LogP contribution is -2.25. The molecular weight excluding hydrogens is 640 g/mol. The van der Waals surface area contributed by atoms with E-state index in [0.717, 1.165) is 24.8 Å². The highest BCUT2D eigenvalue weighted by atomic mass is 19.4. The molecule has 1 nitrogen and oxygen atoms in total. The zero-order chi connectivity index (χ0) is 34.0. The number of hydrogen-bond acceptors (Lipinski definition) is 1. The van der Waals surface area contributed by atoms with E-state index in [1.54, 1.807) is 6.07 Å². The molecule has 242 valence electrons. The molecule has 13 heteroatoms. The maximum Gasteiger partial charge on any atom is 0.432 e. The first-order valence-electron chi connectivity index (χ1n) is 13.4. The predicted octanol–water partition coefficient (Wildman–Crippen LogP) is 10.6. The third-order valence-corrected chi connectivity index (χ3v) is 6.65. The van der Waals surface area contributed by atoms with Crippen molar-refractivity contribution in [2.45, 2.75) is 44.9 Å². The van der Waals surface area contributed by atoms with Crippen LogP contribution in [-0.4, -0.2) is 0 Å². The monoisotopic (exact) mass is 660 g/mol. The zero-order valence-electron chi connectivity index (χ0n) is 23.5. The summed E-state index contributed by atoms with van der Waals surface area (Å²) in [7, 11) is 0. The summed E-state index contributed by atoms with van der Waals surface area (Å²) in [5.41, 5.74) is -6.12. The van der Waals surface area contributed by atoms with Gasteiger partial charge in [-0.15, -0.1) is 0 Å². The standard InChI is InChI=1S/C33H20F12O/c1-2-3-4-5-17-6-8-19(22(34)10-17)9-7-18-11-23(35)29(24(36)12-18)20-13-25(37)31(26(38)14-20)33(44,45)46-21-15-27(39)30(28(40)16-21)32(41,42)43/h6,8,10-16H,2-5H2,1H3. The third-order valence-electron chi connectivity index (χ3n) is 6.65. The molecule has 0 aliphatic rings. The van der Waals surface area contributed by atoms with Crippen LogP contribution in [-0.2, 0) is 18.7 Å². The lowest BCUT2D eigenvalue weighted by atomic mass is 9.99. The highest BCUT2D eigenvalue weighted by Crippen LogP contribution is 2.40. The smallest absolute Gasteiger partial charge is 0.429 e. The largest absolute Gasteiger partial charge is 0.432 e. The van der Waals surface area contributed by atoms with Crippen molar-refractivity contribution >= 4 is 0 Å². The first-order chi connectivity index (χ1) is 21.5. The molecule has 0 bridgehead atoms. The van der Waals surface area contributed by atoms with Gasteiger partial charge in [0.05, 0.1) is 11.1 Å². The molecule has 0 amide bonds. The second-order valence-corrected chi connectivity index (χ2v) is 10.0. The molecule has 4 rings (SSSR count). The number of alkyl halides is 5. The number of benzene rings is 4. The van der Waals surface area contributed by atoms with Gasteiger partial charge in [0.15, 0.2) is 0 Å². The zero-order valence-corrected chi connectivity index (χ0v) is 23.5. The Morgan fingerprint density at radius 2 is 1.17 bits per heavy atom. The summed E-state index contributed by atoms with van der Waals surface area (Å²) >= 11 is 0. The molecule has 4 aromatic rings. The van der Waals surface area contributed by atoms with Gasteiger partial charge in [-0.3, -0.25) is 0 Å². The van der Waals surface area contributed by atoms with E-state index in [1.165, 1.54) is 12.1 Å². The quantitative estimate of drug-likeness (QED) is 0.104. The molecule has 0 aliphatic heterocycles. The fourth-order valence-electron chi connectivity index (χ4n) is 4.53. The lowest BCUT2D eigenvalue weighted by molar-refractivity contribution is -0.189. The van der Waals surface area contributed by atoms with Crippen LogP contribution < -0.4 is 4.74 Å². The van der Waals surface area contributed by atoms with Crippen LogP contribution in [0.1, 0.15) is 54.0 Å². The van der Waals surface area contributed by atoms with Crippen LogP contribution in [0, 0.1) is 52.6 Å². The molecule has 0 saturated carbocycles. The Morgan fingerprint density at radius 3 is 1.70 bits per heavy atom. The van der Waals surface area contributed by atoms with Crippen LogP contribution in [0.3, 0.4) is 0 Å². The Kier molecular flexibility index (Phi) is 9.99. The fraction of sp³-hybridized carbons (Fsp3) is 0.212. The van der Waals surface area contributed by atoms with Gasteiger partial charge in [-0.05, 0) is 60.4 Å². The Morgan fingerprint density at radius 1 is 0.609 bits per heavy atom. The van der Waals surface area contributed by atoms with Crippen LogP contribution in [0.5, 0.6) is 5.75 Å². The van der Waals surface area contributed by atoms with Crippen molar-refractivity contribution in [3.63, 3.8) is 0 Å². The van der Waals surface area contributed by atoms with Crippen molar-refractivity contribution in [3.05, 3.63) is 123 Å². The van der Waals surface area contributed by atoms with E-state index in [1.807, 2.05) is 6.92 Å². The molecule has 46 heavy (non-hydrogen) atoms. The Labute approximate surface area is 254 Å². The van der Waals surface area contributed by atoms with Gasteiger partial charge in [0.2, 0.25) is 0 Å². The van der Waals surface area contributed by atoms with Crippen LogP contribution >= 0.6 is 0 Å². The first-order valence-corrected chi connectivity index (χ1v) is 13.4. The van der Waals surface area contributed by atoms with Crippen LogP contribution in [0.2, 0.25) is 0 Å². The van der Waals surface area contributed by atoms with Crippen molar-refractivity contribution in [3.8, 4) is 28.7 Å². The topological polar surface area (TPSA) is 9.23 Å². The van der Waals surface area contributed by atoms with Crippen molar-refractivity contribution in [1.82, 2.24) is 0 Å². The van der Waals surface area contributed by atoms with E-state index < -0.39 is 81.0 Å². The maximum absolute atomic E-state index is 14.9. The lowest BCUT2D eigenvalue weighted by Gasteiger charge is -2.21. The first kappa shape index (κ1) is 34.3. The Bertz CT molecular complexity index is 1760. The Hall–Kier alpha value is -4.60. The van der Waals surface area contributed by atoms with Gasteiger partial charge in [-0.25, -0.2) is 30.7 Å². The summed E-state index contributed by atoms with van der Waals surface area (Å²) in [6.45, 7) is 2.02. The highest BCUT2D eigenvalue weighted by Gasteiger charge is 2.43. The number of halogens is 12. The van der Waals surface area contributed by atoms with Crippen LogP contribution in [0.15, 0.2) is 54.6 Å². The van der Waals surface area contributed by atoms with Gasteiger partial charge in [0.25, 0.3) is 0 Å². The van der Waals surface area contributed by atoms with E-state index in [4.69, 9.17) is 0 Å². The van der Waals surface area contributed by atoms with Crippen LogP contribution in [0.25, 0.3) is 11.1 Å². The third kappa shape index (κ3) is 7.61.